The van der Waals surface area contributed by atoms with Crippen LogP contribution in [0.25, 0.3) is 10.4 Å². The number of aliphatic carboxylic acids is 1. The molecular weight excluding hydrogens is 370 g/mol. The lowest BCUT2D eigenvalue weighted by Crippen LogP contribution is -2.47. The molecule has 3 rings (SSSR count). The second-order valence-corrected chi connectivity index (χ2v) is 8.72. The molecule has 0 aliphatic heterocycles. The van der Waals surface area contributed by atoms with Gasteiger partial charge in [0.05, 0.1) is 0 Å². The fourth-order valence-corrected chi connectivity index (χ4v) is 5.29. The van der Waals surface area contributed by atoms with Crippen molar-refractivity contribution < 1.29 is 18.7 Å². The zero-order chi connectivity index (χ0) is 17.7. The lowest BCUT2D eigenvalue weighted by Gasteiger charge is -2.28. The molecule has 1 saturated carbocycles. The van der Waals surface area contributed by atoms with E-state index in [1.807, 2.05) is 18.2 Å². The minimum atomic E-state index is -2.43. The number of rotatable bonds is 5. The van der Waals surface area contributed by atoms with Crippen LogP contribution in [0.5, 0.6) is 0 Å². The van der Waals surface area contributed by atoms with Crippen LogP contribution in [0, 0.1) is 5.41 Å². The van der Waals surface area contributed by atoms with Crippen LogP contribution in [-0.2, 0) is 16.1 Å². The highest BCUT2D eigenvalue weighted by Crippen LogP contribution is 2.61. The third kappa shape index (κ3) is 2.65. The summed E-state index contributed by atoms with van der Waals surface area (Å²) < 4.78 is 22.8. The van der Waals surface area contributed by atoms with Gasteiger partial charge in [0.2, 0.25) is 0 Å². The molecule has 0 radical (unpaired) electrons. The van der Waals surface area contributed by atoms with Crippen LogP contribution in [0.15, 0.2) is 36.4 Å². The maximum atomic E-state index is 11.9. The fraction of sp³-hybridized carbons (Fsp3) is 0.312. The van der Waals surface area contributed by atoms with E-state index in [2.05, 4.69) is 0 Å². The summed E-state index contributed by atoms with van der Waals surface area (Å²) in [5.74, 6) is -1.09. The summed E-state index contributed by atoms with van der Waals surface area (Å²) in [5.41, 5.74) is -1.03. The summed E-state index contributed by atoms with van der Waals surface area (Å²) in [7, 11) is 0. The smallest absolute Gasteiger partial charge is 0.331 e. The average Bonchev–Trinajstić information content (AvgIpc) is 2.84. The number of carboxylic acids is 1. The van der Waals surface area contributed by atoms with Crippen molar-refractivity contribution in [1.82, 2.24) is 0 Å². The normalized spacial score (nSPS) is 22.8. The van der Waals surface area contributed by atoms with Gasteiger partial charge in [-0.1, -0.05) is 37.6 Å². The number of carbonyl (C=O) groups is 1. The molecule has 1 fully saturated rings. The van der Waals surface area contributed by atoms with Gasteiger partial charge in [0.1, 0.15) is 5.00 Å². The number of carboxylic acid groups (broad SMARTS) is 1. The van der Waals surface area contributed by atoms with Gasteiger partial charge in [0.15, 0.2) is 5.54 Å². The molecule has 2 N–H and O–H groups in total. The molecule has 24 heavy (non-hydrogen) atoms. The van der Waals surface area contributed by atoms with Crippen LogP contribution in [0.2, 0.25) is 5.02 Å². The molecule has 0 saturated heterocycles. The van der Waals surface area contributed by atoms with Gasteiger partial charge >= 0.3 is 5.97 Å². The number of nitrogens with zero attached hydrogens (tertiary/aromatic N) is 1. The Labute approximate surface area is 151 Å². The highest BCUT2D eigenvalue weighted by Gasteiger charge is 2.72. The van der Waals surface area contributed by atoms with E-state index in [0.29, 0.717) is 16.4 Å². The minimum absolute atomic E-state index is 0.315. The number of benzene rings is 1. The van der Waals surface area contributed by atoms with Crippen LogP contribution >= 0.6 is 22.9 Å². The molecule has 0 amide bonds. The molecule has 1 aromatic heterocycles. The summed E-state index contributed by atoms with van der Waals surface area (Å²) in [6.45, 7) is 3.57. The molecule has 128 valence electrons. The van der Waals surface area contributed by atoms with Crippen molar-refractivity contribution in [2.45, 2.75) is 25.8 Å². The first-order chi connectivity index (χ1) is 11.2. The number of anilines is 1. The summed E-state index contributed by atoms with van der Waals surface area (Å²) in [5, 5.41) is 10.8. The van der Waals surface area contributed by atoms with E-state index in [0.717, 1.165) is 14.7 Å². The predicted octanol–water partition coefficient (Wildman–Crippen LogP) is 4.26. The van der Waals surface area contributed by atoms with Crippen molar-refractivity contribution >= 4 is 45.2 Å². The van der Waals surface area contributed by atoms with Crippen molar-refractivity contribution in [1.29, 1.82) is 0 Å². The maximum absolute atomic E-state index is 11.9. The van der Waals surface area contributed by atoms with Crippen LogP contribution in [0.3, 0.4) is 0 Å². The van der Waals surface area contributed by atoms with Gasteiger partial charge in [0, 0.05) is 15.3 Å². The number of thiophene rings is 1. The SMILES string of the molecule is CC1(C)CC1(C(=O)O)N(c1ccc(-c2ccc(Cl)cc2)s1)S(=O)O. The van der Waals surface area contributed by atoms with Gasteiger partial charge in [-0.2, -0.15) is 0 Å². The Kier molecular flexibility index (Phi) is 4.24. The van der Waals surface area contributed by atoms with E-state index in [-0.39, 0.29) is 0 Å². The first kappa shape index (κ1) is 17.4. The molecule has 0 spiro atoms. The fourth-order valence-electron chi connectivity index (χ4n) is 3.00. The number of hydrogen-bond donors (Lipinski definition) is 2. The topological polar surface area (TPSA) is 77.8 Å². The summed E-state index contributed by atoms with van der Waals surface area (Å²) >= 11 is 4.73. The molecule has 1 aromatic carbocycles. The van der Waals surface area contributed by atoms with Crippen LogP contribution < -0.4 is 4.31 Å². The number of hydrogen-bond acceptors (Lipinski definition) is 3. The van der Waals surface area contributed by atoms with E-state index in [4.69, 9.17) is 11.6 Å². The molecule has 1 heterocycles. The molecule has 5 nitrogen and oxygen atoms in total. The van der Waals surface area contributed by atoms with Gasteiger partial charge in [-0.3, -0.25) is 4.55 Å². The van der Waals surface area contributed by atoms with Gasteiger partial charge in [0.25, 0.3) is 11.3 Å². The molecule has 2 aromatic rings. The third-order valence-electron chi connectivity index (χ3n) is 4.47. The van der Waals surface area contributed by atoms with Gasteiger partial charge in [-0.25, -0.2) is 13.3 Å². The van der Waals surface area contributed by atoms with E-state index in [1.165, 1.54) is 11.3 Å². The summed E-state index contributed by atoms with van der Waals surface area (Å²) in [6.07, 6.45) is 0.315. The predicted molar refractivity (Wildman–Crippen MR) is 96.8 cm³/mol. The molecular formula is C16H16ClNO4S2. The van der Waals surface area contributed by atoms with Crippen molar-refractivity contribution in [3.63, 3.8) is 0 Å². The Hall–Kier alpha value is -1.41. The Morgan fingerprint density at radius 1 is 1.25 bits per heavy atom. The Balaban J connectivity index is 2.01. The first-order valence-corrected chi connectivity index (χ1v) is 9.45. The van der Waals surface area contributed by atoms with Crippen molar-refractivity contribution in [3.8, 4) is 10.4 Å². The van der Waals surface area contributed by atoms with Crippen LogP contribution in [0.1, 0.15) is 20.3 Å². The molecule has 2 atom stereocenters. The van der Waals surface area contributed by atoms with E-state index < -0.39 is 28.2 Å². The summed E-state index contributed by atoms with van der Waals surface area (Å²) in [6, 6.07) is 10.7. The van der Waals surface area contributed by atoms with Gasteiger partial charge in [-0.15, -0.1) is 11.3 Å². The highest BCUT2D eigenvalue weighted by atomic mass is 35.5. The van der Waals surface area contributed by atoms with Gasteiger partial charge < -0.3 is 5.11 Å². The van der Waals surface area contributed by atoms with Crippen molar-refractivity contribution in [3.05, 3.63) is 41.4 Å². The molecule has 1 aliphatic carbocycles. The van der Waals surface area contributed by atoms with E-state index in [1.54, 1.807) is 32.0 Å². The molecule has 1 aliphatic rings. The van der Waals surface area contributed by atoms with E-state index >= 15 is 0 Å². The maximum Gasteiger partial charge on any atom is 0.331 e. The average molecular weight is 386 g/mol. The lowest BCUT2D eigenvalue weighted by molar-refractivity contribution is -0.140. The molecule has 0 bridgehead atoms. The Morgan fingerprint density at radius 2 is 1.83 bits per heavy atom. The number of halogens is 1. The third-order valence-corrected chi connectivity index (χ3v) is 6.78. The second-order valence-electron chi connectivity index (χ2n) is 6.40. The monoisotopic (exact) mass is 385 g/mol. The minimum Gasteiger partial charge on any atom is -0.479 e. The van der Waals surface area contributed by atoms with Crippen LogP contribution in [-0.4, -0.2) is 25.4 Å². The standard InChI is InChI=1S/C16H16ClNO4S2/c1-15(2)9-16(15,14(19)20)18(24(21)22)13-8-7-12(23-13)10-3-5-11(17)6-4-10/h3-8H,9H2,1-2H3,(H,19,20)(H,21,22). The molecule has 2 unspecified atom stereocenters. The van der Waals surface area contributed by atoms with Crippen molar-refractivity contribution in [2.75, 3.05) is 4.31 Å². The first-order valence-electron chi connectivity index (χ1n) is 7.19. The quantitative estimate of drug-likeness (QED) is 0.753. The van der Waals surface area contributed by atoms with E-state index in [9.17, 15) is 18.7 Å². The zero-order valence-corrected chi connectivity index (χ0v) is 15.4. The Morgan fingerprint density at radius 3 is 2.29 bits per heavy atom. The highest BCUT2D eigenvalue weighted by molar-refractivity contribution is 7.81. The van der Waals surface area contributed by atoms with Gasteiger partial charge in [-0.05, 0) is 36.2 Å². The second kappa shape index (κ2) is 5.84. The lowest BCUT2D eigenvalue weighted by atomic mass is 10.1. The summed E-state index contributed by atoms with van der Waals surface area (Å²) in [4.78, 5) is 12.7. The largest absolute Gasteiger partial charge is 0.479 e. The van der Waals surface area contributed by atoms with Crippen molar-refractivity contribution in [2.24, 2.45) is 5.41 Å². The Bertz CT molecular complexity index is 818. The molecule has 8 heteroatoms. The zero-order valence-electron chi connectivity index (χ0n) is 13.0. The van der Waals surface area contributed by atoms with Crippen LogP contribution in [0.4, 0.5) is 5.00 Å².